The summed E-state index contributed by atoms with van der Waals surface area (Å²) in [6.07, 6.45) is 4.74. The topological polar surface area (TPSA) is 50.2 Å². The quantitative estimate of drug-likeness (QED) is 0.831. The highest BCUT2D eigenvalue weighted by atomic mass is 16.2. The van der Waals surface area contributed by atoms with E-state index >= 15 is 0 Å². The summed E-state index contributed by atoms with van der Waals surface area (Å²) in [6, 6.07) is 2.03. The van der Waals surface area contributed by atoms with Crippen LogP contribution >= 0.6 is 0 Å². The minimum atomic E-state index is 0.0234. The molecule has 1 fully saturated rings. The summed E-state index contributed by atoms with van der Waals surface area (Å²) in [7, 11) is 1.94. The van der Waals surface area contributed by atoms with Crippen molar-refractivity contribution in [2.75, 3.05) is 19.6 Å². The number of nitrogens with zero attached hydrogens (tertiary/aromatic N) is 3. The predicted molar refractivity (Wildman–Crippen MR) is 70.2 cm³/mol. The number of hydrogen-bond donors (Lipinski definition) is 1. The van der Waals surface area contributed by atoms with Gasteiger partial charge in [0.1, 0.15) is 0 Å². The minimum absolute atomic E-state index is 0.0234. The van der Waals surface area contributed by atoms with E-state index in [2.05, 4.69) is 10.4 Å². The van der Waals surface area contributed by atoms with Crippen molar-refractivity contribution in [3.8, 4) is 0 Å². The van der Waals surface area contributed by atoms with Crippen LogP contribution < -0.4 is 5.32 Å². The second kappa shape index (κ2) is 6.00. The highest BCUT2D eigenvalue weighted by Crippen LogP contribution is 2.12. The Labute approximate surface area is 108 Å². The third-order valence-electron chi connectivity index (χ3n) is 3.54. The molecular weight excluding hydrogens is 228 g/mol. The van der Waals surface area contributed by atoms with E-state index in [1.165, 1.54) is 5.69 Å². The van der Waals surface area contributed by atoms with Crippen LogP contribution in [-0.4, -0.2) is 46.3 Å². The third-order valence-corrected chi connectivity index (χ3v) is 3.54. The monoisotopic (exact) mass is 250 g/mol. The summed E-state index contributed by atoms with van der Waals surface area (Å²) >= 11 is 0. The molecule has 0 aromatic carbocycles. The number of aryl methyl sites for hydroxylation is 1. The Balaban J connectivity index is 1.89. The Morgan fingerprint density at radius 2 is 2.39 bits per heavy atom. The molecule has 1 amide bonds. The SMILES string of the molecule is CCNC1CCCN(CCc2ccnn2C)C1=O. The van der Waals surface area contributed by atoms with E-state index in [0.29, 0.717) is 0 Å². The van der Waals surface area contributed by atoms with E-state index in [-0.39, 0.29) is 11.9 Å². The van der Waals surface area contributed by atoms with Gasteiger partial charge in [-0.25, -0.2) is 0 Å². The van der Waals surface area contributed by atoms with Crippen LogP contribution in [-0.2, 0) is 18.3 Å². The Kier molecular flexibility index (Phi) is 4.36. The largest absolute Gasteiger partial charge is 0.341 e. The second-order valence-corrected chi connectivity index (χ2v) is 4.77. The lowest BCUT2D eigenvalue weighted by molar-refractivity contribution is -0.135. The van der Waals surface area contributed by atoms with E-state index in [4.69, 9.17) is 0 Å². The van der Waals surface area contributed by atoms with Crippen LogP contribution in [0.1, 0.15) is 25.5 Å². The first-order valence-electron chi connectivity index (χ1n) is 6.71. The molecule has 18 heavy (non-hydrogen) atoms. The first-order chi connectivity index (χ1) is 8.72. The molecular formula is C13H22N4O. The van der Waals surface area contributed by atoms with Gasteiger partial charge in [0.05, 0.1) is 6.04 Å². The van der Waals surface area contributed by atoms with Crippen molar-refractivity contribution in [3.05, 3.63) is 18.0 Å². The van der Waals surface area contributed by atoms with E-state index < -0.39 is 0 Å². The molecule has 2 heterocycles. The van der Waals surface area contributed by atoms with Gasteiger partial charge in [-0.3, -0.25) is 9.48 Å². The highest BCUT2D eigenvalue weighted by Gasteiger charge is 2.27. The van der Waals surface area contributed by atoms with Crippen LogP contribution in [0.4, 0.5) is 0 Å². The molecule has 1 aliphatic rings. The van der Waals surface area contributed by atoms with Crippen molar-refractivity contribution in [2.45, 2.75) is 32.2 Å². The van der Waals surface area contributed by atoms with Gasteiger partial charge in [-0.1, -0.05) is 6.92 Å². The Bertz CT molecular complexity index is 399. The summed E-state index contributed by atoms with van der Waals surface area (Å²) in [5.41, 5.74) is 1.17. The second-order valence-electron chi connectivity index (χ2n) is 4.77. The van der Waals surface area contributed by atoms with Crippen molar-refractivity contribution in [1.29, 1.82) is 0 Å². The molecule has 1 atom stereocenters. The number of carbonyl (C=O) groups excluding carboxylic acids is 1. The van der Waals surface area contributed by atoms with Crippen LogP contribution in [0.2, 0.25) is 0 Å². The van der Waals surface area contributed by atoms with E-state index in [1.54, 1.807) is 6.20 Å². The van der Waals surface area contributed by atoms with Crippen molar-refractivity contribution < 1.29 is 4.79 Å². The molecule has 1 aliphatic heterocycles. The van der Waals surface area contributed by atoms with Gasteiger partial charge in [0.25, 0.3) is 0 Å². The zero-order valence-electron chi connectivity index (χ0n) is 11.2. The number of hydrogen-bond acceptors (Lipinski definition) is 3. The predicted octanol–water partition coefficient (Wildman–Crippen LogP) is 0.563. The molecule has 1 N–H and O–H groups in total. The molecule has 0 radical (unpaired) electrons. The molecule has 0 bridgehead atoms. The summed E-state index contributed by atoms with van der Waals surface area (Å²) < 4.78 is 1.87. The molecule has 1 aromatic heterocycles. The lowest BCUT2D eigenvalue weighted by atomic mass is 10.0. The summed E-state index contributed by atoms with van der Waals surface area (Å²) in [5.74, 6) is 0.255. The van der Waals surface area contributed by atoms with Crippen molar-refractivity contribution in [2.24, 2.45) is 7.05 Å². The molecule has 5 heteroatoms. The van der Waals surface area contributed by atoms with Crippen molar-refractivity contribution in [1.82, 2.24) is 20.0 Å². The normalized spacial score (nSPS) is 20.4. The number of amides is 1. The number of aromatic nitrogens is 2. The standard InChI is InChI=1S/C13H22N4O/c1-3-14-12-5-4-9-17(13(12)18)10-7-11-6-8-15-16(11)2/h6,8,12,14H,3-5,7,9-10H2,1-2H3. The van der Waals surface area contributed by atoms with E-state index in [0.717, 1.165) is 38.9 Å². The number of piperidine rings is 1. The van der Waals surface area contributed by atoms with Crippen LogP contribution in [0.25, 0.3) is 0 Å². The first kappa shape index (κ1) is 13.1. The number of rotatable bonds is 5. The molecule has 1 unspecified atom stereocenters. The average molecular weight is 250 g/mol. The van der Waals surface area contributed by atoms with Gasteiger partial charge in [-0.15, -0.1) is 0 Å². The maximum absolute atomic E-state index is 12.2. The van der Waals surface area contributed by atoms with E-state index in [9.17, 15) is 4.79 Å². The molecule has 5 nitrogen and oxygen atoms in total. The lowest BCUT2D eigenvalue weighted by Crippen LogP contribution is -2.51. The molecule has 2 rings (SSSR count). The lowest BCUT2D eigenvalue weighted by Gasteiger charge is -2.32. The Morgan fingerprint density at radius 1 is 1.56 bits per heavy atom. The van der Waals surface area contributed by atoms with Gasteiger partial charge in [0, 0.05) is 38.4 Å². The number of carbonyl (C=O) groups is 1. The molecule has 0 spiro atoms. The fourth-order valence-electron chi connectivity index (χ4n) is 2.49. The summed E-state index contributed by atoms with van der Waals surface area (Å²) in [6.45, 7) is 4.58. The minimum Gasteiger partial charge on any atom is -0.341 e. The average Bonchev–Trinajstić information content (AvgIpc) is 2.76. The van der Waals surface area contributed by atoms with E-state index in [1.807, 2.05) is 29.6 Å². The van der Waals surface area contributed by atoms with Crippen LogP contribution in [0, 0.1) is 0 Å². The molecule has 100 valence electrons. The smallest absolute Gasteiger partial charge is 0.239 e. The van der Waals surface area contributed by atoms with Gasteiger partial charge >= 0.3 is 0 Å². The third kappa shape index (κ3) is 2.90. The van der Waals surface area contributed by atoms with Crippen molar-refractivity contribution in [3.63, 3.8) is 0 Å². The Hall–Kier alpha value is -1.36. The molecule has 1 saturated heterocycles. The number of likely N-dealkylation sites (tertiary alicyclic amines) is 1. The van der Waals surface area contributed by atoms with Gasteiger partial charge < -0.3 is 10.2 Å². The maximum atomic E-state index is 12.2. The molecule has 0 saturated carbocycles. The number of nitrogens with one attached hydrogen (secondary N) is 1. The molecule has 0 aliphatic carbocycles. The fraction of sp³-hybridized carbons (Fsp3) is 0.692. The maximum Gasteiger partial charge on any atom is 0.239 e. The van der Waals surface area contributed by atoms with Gasteiger partial charge in [0.15, 0.2) is 0 Å². The fourth-order valence-corrected chi connectivity index (χ4v) is 2.49. The zero-order chi connectivity index (χ0) is 13.0. The highest BCUT2D eigenvalue weighted by molar-refractivity contribution is 5.82. The van der Waals surface area contributed by atoms with Crippen LogP contribution in [0.5, 0.6) is 0 Å². The molecule has 1 aromatic rings. The van der Waals surface area contributed by atoms with Crippen LogP contribution in [0.3, 0.4) is 0 Å². The Morgan fingerprint density at radius 3 is 3.06 bits per heavy atom. The zero-order valence-corrected chi connectivity index (χ0v) is 11.2. The number of likely N-dealkylation sites (N-methyl/N-ethyl adjacent to an activating group) is 1. The van der Waals surface area contributed by atoms with Gasteiger partial charge in [-0.05, 0) is 25.5 Å². The summed E-state index contributed by atoms with van der Waals surface area (Å²) in [5, 5.41) is 7.40. The van der Waals surface area contributed by atoms with Gasteiger partial charge in [-0.2, -0.15) is 5.10 Å². The van der Waals surface area contributed by atoms with Crippen LogP contribution in [0.15, 0.2) is 12.3 Å². The van der Waals surface area contributed by atoms with Crippen molar-refractivity contribution >= 4 is 5.91 Å². The summed E-state index contributed by atoms with van der Waals surface area (Å²) in [4.78, 5) is 14.2. The first-order valence-corrected chi connectivity index (χ1v) is 6.71. The van der Waals surface area contributed by atoms with Gasteiger partial charge in [0.2, 0.25) is 5.91 Å².